The molecule has 0 unspecified atom stereocenters. The van der Waals surface area contributed by atoms with E-state index in [1.165, 1.54) is 17.7 Å². The first-order valence-corrected chi connectivity index (χ1v) is 9.11. The van der Waals surface area contributed by atoms with Crippen LogP contribution in [0.2, 0.25) is 0 Å². The van der Waals surface area contributed by atoms with Crippen molar-refractivity contribution in [1.82, 2.24) is 14.8 Å². The Kier molecular flexibility index (Phi) is 4.65. The highest BCUT2D eigenvalue weighted by molar-refractivity contribution is 5.89. The zero-order chi connectivity index (χ0) is 19.7. The Hall–Kier alpha value is -3.48. The average Bonchev–Trinajstić information content (AvgIpc) is 3.10. The predicted molar refractivity (Wildman–Crippen MR) is 106 cm³/mol. The number of rotatable bonds is 4. The highest BCUT2D eigenvalue weighted by Gasteiger charge is 2.25. The summed E-state index contributed by atoms with van der Waals surface area (Å²) in [7, 11) is 0. The maximum Gasteiger partial charge on any atom is 0.250 e. The molecule has 6 nitrogen and oxygen atoms in total. The van der Waals surface area contributed by atoms with Gasteiger partial charge in [-0.1, -0.05) is 48.9 Å². The molecule has 1 amide bonds. The molecule has 0 saturated heterocycles. The lowest BCUT2D eigenvalue weighted by Crippen LogP contribution is -2.20. The van der Waals surface area contributed by atoms with Crippen molar-refractivity contribution < 1.29 is 9.18 Å². The Morgan fingerprint density at radius 3 is 2.57 bits per heavy atom. The number of halogens is 1. The molecule has 0 radical (unpaired) electrons. The molecule has 3 aromatic rings. The van der Waals surface area contributed by atoms with Gasteiger partial charge in [-0.05, 0) is 36.3 Å². The number of anilines is 2. The van der Waals surface area contributed by atoms with Gasteiger partial charge >= 0.3 is 0 Å². The summed E-state index contributed by atoms with van der Waals surface area (Å²) < 4.78 is 15.1. The first kappa shape index (κ1) is 17.9. The number of aryl methyl sites for hydroxylation is 1. The second-order valence-corrected chi connectivity index (χ2v) is 6.67. The van der Waals surface area contributed by atoms with Crippen LogP contribution in [0.1, 0.15) is 36.1 Å². The molecule has 2 heterocycles. The van der Waals surface area contributed by atoms with Gasteiger partial charge in [0.2, 0.25) is 11.9 Å². The van der Waals surface area contributed by atoms with E-state index in [1.807, 2.05) is 37.3 Å². The standard InChI is InChI=1S/C21H20FN5O/c1-3-19(28)24-20-25-21-23-17(14-6-4-13(2)5-7-14)12-18(27(21)26-20)15-8-10-16(22)11-9-15/h4-12,18H,3H2,1-2H3,(H2,23,24,25,26,28)/t18-/m1/s1. The molecule has 2 N–H and O–H groups in total. The highest BCUT2D eigenvalue weighted by atomic mass is 19.1. The van der Waals surface area contributed by atoms with Crippen molar-refractivity contribution >= 4 is 23.5 Å². The molecule has 1 aliphatic heterocycles. The summed E-state index contributed by atoms with van der Waals surface area (Å²) in [6, 6.07) is 14.2. The maximum absolute atomic E-state index is 13.4. The van der Waals surface area contributed by atoms with Gasteiger partial charge in [0.1, 0.15) is 11.9 Å². The number of amides is 1. The van der Waals surface area contributed by atoms with Gasteiger partial charge in [0, 0.05) is 12.1 Å². The van der Waals surface area contributed by atoms with Crippen LogP contribution in [0, 0.1) is 12.7 Å². The van der Waals surface area contributed by atoms with Crippen molar-refractivity contribution in [2.75, 3.05) is 10.6 Å². The van der Waals surface area contributed by atoms with Gasteiger partial charge in [-0.2, -0.15) is 4.98 Å². The number of nitrogens with zero attached hydrogens (tertiary/aromatic N) is 3. The molecule has 1 aromatic heterocycles. The van der Waals surface area contributed by atoms with E-state index in [4.69, 9.17) is 0 Å². The van der Waals surface area contributed by atoms with Gasteiger partial charge in [-0.15, -0.1) is 5.10 Å². The van der Waals surface area contributed by atoms with E-state index >= 15 is 0 Å². The maximum atomic E-state index is 13.4. The van der Waals surface area contributed by atoms with Gasteiger partial charge < -0.3 is 5.32 Å². The monoisotopic (exact) mass is 377 g/mol. The summed E-state index contributed by atoms with van der Waals surface area (Å²) in [5.74, 6) is 0.293. The van der Waals surface area contributed by atoms with Crippen LogP contribution in [0.3, 0.4) is 0 Å². The topological polar surface area (TPSA) is 71.8 Å². The number of carbonyl (C=O) groups excluding carboxylic acids is 1. The van der Waals surface area contributed by atoms with Gasteiger partial charge in [0.05, 0.1) is 0 Å². The first-order valence-electron chi connectivity index (χ1n) is 9.11. The van der Waals surface area contributed by atoms with Gasteiger partial charge in [0.15, 0.2) is 0 Å². The molecule has 142 valence electrons. The lowest BCUT2D eigenvalue weighted by Gasteiger charge is -2.24. The summed E-state index contributed by atoms with van der Waals surface area (Å²) in [6.45, 7) is 3.80. The molecule has 4 rings (SSSR count). The summed E-state index contributed by atoms with van der Waals surface area (Å²) in [6.07, 6.45) is 2.36. The average molecular weight is 377 g/mol. The number of fused-ring (bicyclic) bond motifs is 1. The molecule has 28 heavy (non-hydrogen) atoms. The van der Waals surface area contributed by atoms with E-state index in [0.717, 1.165) is 16.8 Å². The van der Waals surface area contributed by atoms with Crippen LogP contribution in [0.4, 0.5) is 16.3 Å². The number of carbonyl (C=O) groups is 1. The fourth-order valence-electron chi connectivity index (χ4n) is 3.06. The molecule has 0 aliphatic carbocycles. The van der Waals surface area contributed by atoms with E-state index in [2.05, 4.69) is 20.7 Å². The highest BCUT2D eigenvalue weighted by Crippen LogP contribution is 2.33. The number of hydrogen-bond acceptors (Lipinski definition) is 4. The summed E-state index contributed by atoms with van der Waals surface area (Å²) in [5.41, 5.74) is 3.92. The zero-order valence-corrected chi connectivity index (χ0v) is 15.6. The van der Waals surface area contributed by atoms with Crippen LogP contribution in [0.25, 0.3) is 5.70 Å². The van der Waals surface area contributed by atoms with E-state index in [1.54, 1.807) is 23.7 Å². The second kappa shape index (κ2) is 7.26. The van der Waals surface area contributed by atoms with Crippen molar-refractivity contribution in [2.24, 2.45) is 0 Å². The molecular weight excluding hydrogens is 357 g/mol. The number of aromatic nitrogens is 3. The predicted octanol–water partition coefficient (Wildman–Crippen LogP) is 4.13. The van der Waals surface area contributed by atoms with Crippen LogP contribution in [-0.4, -0.2) is 20.7 Å². The first-order chi connectivity index (χ1) is 13.5. The third-order valence-corrected chi connectivity index (χ3v) is 4.61. The number of benzene rings is 2. The van der Waals surface area contributed by atoms with E-state index in [0.29, 0.717) is 12.4 Å². The van der Waals surface area contributed by atoms with Crippen LogP contribution in [-0.2, 0) is 4.79 Å². The third-order valence-electron chi connectivity index (χ3n) is 4.61. The zero-order valence-electron chi connectivity index (χ0n) is 15.6. The second-order valence-electron chi connectivity index (χ2n) is 6.67. The van der Waals surface area contributed by atoms with Crippen LogP contribution in [0.5, 0.6) is 0 Å². The molecule has 1 atom stereocenters. The largest absolute Gasteiger partial charge is 0.324 e. The quantitative estimate of drug-likeness (QED) is 0.717. The molecule has 0 saturated carbocycles. The molecule has 0 fully saturated rings. The number of hydrogen-bond donors (Lipinski definition) is 2. The third kappa shape index (κ3) is 3.51. The van der Waals surface area contributed by atoms with Crippen LogP contribution in [0.15, 0.2) is 54.6 Å². The molecule has 1 aliphatic rings. The van der Waals surface area contributed by atoms with Crippen LogP contribution >= 0.6 is 0 Å². The summed E-state index contributed by atoms with van der Waals surface area (Å²) in [5, 5.41) is 10.4. The Morgan fingerprint density at radius 2 is 1.89 bits per heavy atom. The summed E-state index contributed by atoms with van der Waals surface area (Å²) >= 11 is 0. The minimum absolute atomic E-state index is 0.159. The lowest BCUT2D eigenvalue weighted by atomic mass is 10.0. The van der Waals surface area contributed by atoms with Crippen molar-refractivity contribution in [3.8, 4) is 0 Å². The van der Waals surface area contributed by atoms with Crippen LogP contribution < -0.4 is 10.6 Å². The minimum atomic E-state index is -0.296. The van der Waals surface area contributed by atoms with E-state index < -0.39 is 0 Å². The van der Waals surface area contributed by atoms with Crippen molar-refractivity contribution in [3.05, 3.63) is 77.1 Å². The van der Waals surface area contributed by atoms with E-state index in [-0.39, 0.29) is 23.7 Å². The van der Waals surface area contributed by atoms with Crippen molar-refractivity contribution in [2.45, 2.75) is 26.3 Å². The number of nitrogens with one attached hydrogen (secondary N) is 2. The van der Waals surface area contributed by atoms with Gasteiger partial charge in [0.25, 0.3) is 5.95 Å². The summed E-state index contributed by atoms with van der Waals surface area (Å²) in [4.78, 5) is 16.1. The Morgan fingerprint density at radius 1 is 1.18 bits per heavy atom. The lowest BCUT2D eigenvalue weighted by molar-refractivity contribution is -0.115. The molecule has 0 spiro atoms. The fraction of sp³-hybridized carbons (Fsp3) is 0.190. The minimum Gasteiger partial charge on any atom is -0.324 e. The van der Waals surface area contributed by atoms with Gasteiger partial charge in [-0.25, -0.2) is 9.07 Å². The Bertz CT molecular complexity index is 1040. The van der Waals surface area contributed by atoms with Gasteiger partial charge in [-0.3, -0.25) is 10.1 Å². The molecule has 2 aromatic carbocycles. The number of allylic oxidation sites excluding steroid dienone is 1. The Balaban J connectivity index is 1.77. The smallest absolute Gasteiger partial charge is 0.250 e. The SMILES string of the molecule is CCC(=O)Nc1nc2n(n1)[C@@H](c1ccc(F)cc1)C=C(c1ccc(C)cc1)N2. The van der Waals surface area contributed by atoms with E-state index in [9.17, 15) is 9.18 Å². The molecule has 7 heteroatoms. The fourth-order valence-corrected chi connectivity index (χ4v) is 3.06. The van der Waals surface area contributed by atoms with Crippen molar-refractivity contribution in [1.29, 1.82) is 0 Å². The molecule has 0 bridgehead atoms. The normalized spacial score (nSPS) is 15.4. The molecular formula is C21H20FN5O. The Labute approximate surface area is 162 Å². The van der Waals surface area contributed by atoms with Crippen molar-refractivity contribution in [3.63, 3.8) is 0 Å².